The second-order valence-electron chi connectivity index (χ2n) is 4.05. The van der Waals surface area contributed by atoms with E-state index in [2.05, 4.69) is 0 Å². The van der Waals surface area contributed by atoms with Crippen molar-refractivity contribution in [3.05, 3.63) is 27.7 Å². The highest BCUT2D eigenvalue weighted by Crippen LogP contribution is 2.32. The lowest BCUT2D eigenvalue weighted by atomic mass is 10.2. The van der Waals surface area contributed by atoms with Crippen LogP contribution in [0.25, 0.3) is 0 Å². The van der Waals surface area contributed by atoms with Gasteiger partial charge in [0, 0.05) is 15.7 Å². The molecule has 0 aromatic heterocycles. The molecule has 20 heavy (non-hydrogen) atoms. The van der Waals surface area contributed by atoms with Gasteiger partial charge in [-0.1, -0.05) is 43.0 Å². The summed E-state index contributed by atoms with van der Waals surface area (Å²) in [6.07, 6.45) is 2.64. The van der Waals surface area contributed by atoms with Crippen LogP contribution in [0.4, 0.5) is 0 Å². The van der Waals surface area contributed by atoms with Crippen LogP contribution in [0, 0.1) is 0 Å². The molecule has 0 aliphatic rings. The standard InChI is InChI=1S/C12H13Cl3O4S/c1-2-3-4-5-19-12(16)9-6-8(13)7-10(11(9)14)20(15,17)18/h6-7H,2-5H2,1H3. The van der Waals surface area contributed by atoms with Crippen LogP contribution < -0.4 is 0 Å². The molecule has 0 radical (unpaired) electrons. The van der Waals surface area contributed by atoms with Crippen LogP contribution in [-0.4, -0.2) is 21.0 Å². The van der Waals surface area contributed by atoms with Crippen molar-refractivity contribution in [1.82, 2.24) is 0 Å². The van der Waals surface area contributed by atoms with Crippen molar-refractivity contribution in [2.45, 2.75) is 31.1 Å². The molecule has 1 aromatic rings. The van der Waals surface area contributed by atoms with Crippen molar-refractivity contribution in [2.75, 3.05) is 6.61 Å². The number of halogens is 3. The fourth-order valence-electron chi connectivity index (χ4n) is 1.48. The molecule has 0 atom stereocenters. The number of benzene rings is 1. The summed E-state index contributed by atoms with van der Waals surface area (Å²) in [6.45, 7) is 2.26. The molecule has 0 N–H and O–H groups in total. The molecule has 0 fully saturated rings. The number of carbonyl (C=O) groups excluding carboxylic acids is 1. The number of rotatable bonds is 6. The summed E-state index contributed by atoms with van der Waals surface area (Å²) in [4.78, 5) is 11.4. The molecule has 1 rings (SSSR count). The number of ether oxygens (including phenoxy) is 1. The predicted molar refractivity (Wildman–Crippen MR) is 79.3 cm³/mol. The Morgan fingerprint density at radius 3 is 2.45 bits per heavy atom. The first-order valence-electron chi connectivity index (χ1n) is 5.88. The average Bonchev–Trinajstić information content (AvgIpc) is 2.35. The number of hydrogen-bond acceptors (Lipinski definition) is 4. The first kappa shape index (κ1) is 17.6. The van der Waals surface area contributed by atoms with Gasteiger partial charge >= 0.3 is 5.97 Å². The summed E-state index contributed by atoms with van der Waals surface area (Å²) in [5.41, 5.74) is -0.116. The Hall–Kier alpha value is -0.490. The molecular weight excluding hydrogens is 347 g/mol. The van der Waals surface area contributed by atoms with E-state index in [1.807, 2.05) is 6.92 Å². The number of hydrogen-bond donors (Lipinski definition) is 0. The average molecular weight is 360 g/mol. The SMILES string of the molecule is CCCCCOC(=O)c1cc(Cl)cc(S(=O)(=O)Cl)c1Cl. The smallest absolute Gasteiger partial charge is 0.339 e. The Labute approximate surface area is 132 Å². The summed E-state index contributed by atoms with van der Waals surface area (Å²) >= 11 is 11.6. The first-order chi connectivity index (χ1) is 9.27. The van der Waals surface area contributed by atoms with Crippen LogP contribution in [-0.2, 0) is 13.8 Å². The van der Waals surface area contributed by atoms with E-state index in [0.717, 1.165) is 25.3 Å². The summed E-state index contributed by atoms with van der Waals surface area (Å²) in [7, 11) is 1.14. The molecule has 112 valence electrons. The van der Waals surface area contributed by atoms with Gasteiger partial charge < -0.3 is 4.74 Å². The van der Waals surface area contributed by atoms with Gasteiger partial charge in [0.2, 0.25) is 0 Å². The Morgan fingerprint density at radius 2 is 1.90 bits per heavy atom. The third kappa shape index (κ3) is 4.81. The van der Waals surface area contributed by atoms with Gasteiger partial charge in [0.15, 0.2) is 0 Å². The molecular formula is C12H13Cl3O4S. The zero-order valence-corrected chi connectivity index (χ0v) is 13.7. The second-order valence-corrected chi connectivity index (χ2v) is 7.40. The van der Waals surface area contributed by atoms with Gasteiger partial charge in [-0.25, -0.2) is 13.2 Å². The minimum Gasteiger partial charge on any atom is -0.462 e. The molecule has 0 amide bonds. The highest BCUT2D eigenvalue weighted by molar-refractivity contribution is 8.13. The van der Waals surface area contributed by atoms with Gasteiger partial charge in [0.1, 0.15) is 4.90 Å². The number of esters is 1. The zero-order chi connectivity index (χ0) is 15.3. The Bertz CT molecular complexity index is 599. The molecule has 0 bridgehead atoms. The van der Waals surface area contributed by atoms with E-state index in [1.165, 1.54) is 6.07 Å². The summed E-state index contributed by atoms with van der Waals surface area (Å²) in [5, 5.41) is -0.251. The maximum Gasteiger partial charge on any atom is 0.339 e. The van der Waals surface area contributed by atoms with Crippen molar-refractivity contribution >= 4 is 48.9 Å². The zero-order valence-electron chi connectivity index (χ0n) is 10.7. The van der Waals surface area contributed by atoms with E-state index in [1.54, 1.807) is 0 Å². The van der Waals surface area contributed by atoms with E-state index in [4.69, 9.17) is 38.6 Å². The highest BCUT2D eigenvalue weighted by Gasteiger charge is 2.23. The largest absolute Gasteiger partial charge is 0.462 e. The van der Waals surface area contributed by atoms with Crippen LogP contribution in [0.3, 0.4) is 0 Å². The topological polar surface area (TPSA) is 60.4 Å². The van der Waals surface area contributed by atoms with E-state index in [0.29, 0.717) is 0 Å². The normalized spacial score (nSPS) is 11.4. The van der Waals surface area contributed by atoms with E-state index in [-0.39, 0.29) is 22.2 Å². The third-order valence-corrected chi connectivity index (χ3v) is 4.55. The minimum absolute atomic E-state index is 0.0362. The fraction of sp³-hybridized carbons (Fsp3) is 0.417. The van der Waals surface area contributed by atoms with Gasteiger partial charge in [-0.2, -0.15) is 0 Å². The second kappa shape index (κ2) is 7.50. The van der Waals surface area contributed by atoms with Gasteiger partial charge in [0.25, 0.3) is 9.05 Å². The molecule has 0 aliphatic heterocycles. The lowest BCUT2D eigenvalue weighted by Crippen LogP contribution is -2.09. The molecule has 4 nitrogen and oxygen atoms in total. The minimum atomic E-state index is -4.09. The highest BCUT2D eigenvalue weighted by atomic mass is 35.7. The van der Waals surface area contributed by atoms with Crippen molar-refractivity contribution in [3.63, 3.8) is 0 Å². The molecule has 1 aromatic carbocycles. The quantitative estimate of drug-likeness (QED) is 0.432. The molecule has 0 saturated heterocycles. The molecule has 0 unspecified atom stereocenters. The van der Waals surface area contributed by atoms with Crippen molar-refractivity contribution in [2.24, 2.45) is 0 Å². The molecule has 0 saturated carbocycles. The maximum atomic E-state index is 11.9. The van der Waals surface area contributed by atoms with Gasteiger partial charge in [-0.3, -0.25) is 0 Å². The van der Waals surface area contributed by atoms with E-state index >= 15 is 0 Å². The molecule has 0 spiro atoms. The third-order valence-electron chi connectivity index (χ3n) is 2.47. The van der Waals surface area contributed by atoms with Crippen LogP contribution >= 0.6 is 33.9 Å². The van der Waals surface area contributed by atoms with Crippen LogP contribution in [0.5, 0.6) is 0 Å². The summed E-state index contributed by atoms with van der Waals surface area (Å²) < 4.78 is 27.7. The molecule has 0 heterocycles. The van der Waals surface area contributed by atoms with E-state index < -0.39 is 19.9 Å². The first-order valence-corrected chi connectivity index (χ1v) is 8.94. The maximum absolute atomic E-state index is 11.9. The lowest BCUT2D eigenvalue weighted by molar-refractivity contribution is 0.0498. The Balaban J connectivity index is 3.01. The van der Waals surface area contributed by atoms with Crippen molar-refractivity contribution in [3.8, 4) is 0 Å². The van der Waals surface area contributed by atoms with Crippen LogP contribution in [0.1, 0.15) is 36.5 Å². The van der Waals surface area contributed by atoms with Crippen molar-refractivity contribution in [1.29, 1.82) is 0 Å². The van der Waals surface area contributed by atoms with E-state index in [9.17, 15) is 13.2 Å². The van der Waals surface area contributed by atoms with Crippen LogP contribution in [0.15, 0.2) is 17.0 Å². The van der Waals surface area contributed by atoms with Crippen LogP contribution in [0.2, 0.25) is 10.0 Å². The molecule has 8 heteroatoms. The van der Waals surface area contributed by atoms with Gasteiger partial charge in [-0.05, 0) is 18.6 Å². The Kier molecular flexibility index (Phi) is 6.58. The predicted octanol–water partition coefficient (Wildman–Crippen LogP) is 4.27. The summed E-state index contributed by atoms with van der Waals surface area (Å²) in [6, 6.07) is 2.33. The summed E-state index contributed by atoms with van der Waals surface area (Å²) in [5.74, 6) is -0.727. The van der Waals surface area contributed by atoms with Crippen molar-refractivity contribution < 1.29 is 17.9 Å². The number of unbranched alkanes of at least 4 members (excludes halogenated alkanes) is 2. The fourth-order valence-corrected chi connectivity index (χ4v) is 3.33. The van der Waals surface area contributed by atoms with Gasteiger partial charge in [-0.15, -0.1) is 0 Å². The van der Waals surface area contributed by atoms with Gasteiger partial charge in [0.05, 0.1) is 17.2 Å². The number of carbonyl (C=O) groups is 1. The monoisotopic (exact) mass is 358 g/mol. The lowest BCUT2D eigenvalue weighted by Gasteiger charge is -2.09. The molecule has 0 aliphatic carbocycles. The Morgan fingerprint density at radius 1 is 1.25 bits per heavy atom.